The van der Waals surface area contributed by atoms with Crippen LogP contribution in [0.3, 0.4) is 0 Å². The van der Waals surface area contributed by atoms with E-state index in [-0.39, 0.29) is 12.0 Å². The highest BCUT2D eigenvalue weighted by Crippen LogP contribution is 2.32. The van der Waals surface area contributed by atoms with Gasteiger partial charge in [-0.3, -0.25) is 9.36 Å². The molecule has 3 aromatic rings. The fourth-order valence-electron chi connectivity index (χ4n) is 5.12. The van der Waals surface area contributed by atoms with E-state index >= 15 is 0 Å². The summed E-state index contributed by atoms with van der Waals surface area (Å²) in [5.74, 6) is 1.40. The Morgan fingerprint density at radius 1 is 1.16 bits per heavy atom. The van der Waals surface area contributed by atoms with Crippen molar-refractivity contribution in [3.63, 3.8) is 0 Å². The number of carbonyl (C=O) groups is 1. The molecule has 2 aliphatic rings. The first-order chi connectivity index (χ1) is 15.6. The van der Waals surface area contributed by atoms with Gasteiger partial charge in [-0.05, 0) is 52.0 Å². The second-order valence-corrected chi connectivity index (χ2v) is 9.96. The van der Waals surface area contributed by atoms with Crippen LogP contribution in [0.2, 0.25) is 0 Å². The molecule has 1 aromatic carbocycles. The maximum Gasteiger partial charge on any atom is 0.233 e. The van der Waals surface area contributed by atoms with Gasteiger partial charge in [0.2, 0.25) is 5.91 Å². The Morgan fingerprint density at radius 3 is 2.75 bits per heavy atom. The number of nitrogens with one attached hydrogen (secondary N) is 1. The largest absolute Gasteiger partial charge is 0.376 e. The standard InChI is InChI=1S/C24H31N5O2S/c1-16-7-5-8-17(2)29(16)22(30)15-32-24-27-26-23(28(24)14-18-9-6-12-31-18)20-13-25-21-11-4-3-10-19(20)21/h3-4,10-11,13,16-18,25H,5-9,12,14-15H2,1-2H3/t16-,17-,18+/m1/s1. The molecule has 0 spiro atoms. The molecule has 8 heteroatoms. The maximum absolute atomic E-state index is 13.1. The lowest BCUT2D eigenvalue weighted by Crippen LogP contribution is -2.48. The van der Waals surface area contributed by atoms with Crippen LogP contribution in [-0.4, -0.2) is 61.1 Å². The van der Waals surface area contributed by atoms with Crippen LogP contribution in [0.25, 0.3) is 22.3 Å². The van der Waals surface area contributed by atoms with E-state index in [9.17, 15) is 4.79 Å². The van der Waals surface area contributed by atoms with Crippen molar-refractivity contribution in [1.29, 1.82) is 0 Å². The molecule has 1 amide bonds. The first-order valence-electron chi connectivity index (χ1n) is 11.7. The second-order valence-electron chi connectivity index (χ2n) is 9.02. The number of amides is 1. The van der Waals surface area contributed by atoms with Crippen LogP contribution in [0.15, 0.2) is 35.6 Å². The molecule has 7 nitrogen and oxygen atoms in total. The lowest BCUT2D eigenvalue weighted by atomic mass is 9.98. The van der Waals surface area contributed by atoms with Gasteiger partial charge in [0.15, 0.2) is 11.0 Å². The number of aromatic amines is 1. The number of rotatable bonds is 6. The minimum Gasteiger partial charge on any atom is -0.376 e. The number of hydrogen-bond acceptors (Lipinski definition) is 5. The molecule has 0 radical (unpaired) electrons. The molecular weight excluding hydrogens is 422 g/mol. The van der Waals surface area contributed by atoms with Crippen molar-refractivity contribution in [1.82, 2.24) is 24.6 Å². The zero-order valence-corrected chi connectivity index (χ0v) is 19.6. The summed E-state index contributed by atoms with van der Waals surface area (Å²) in [6.07, 6.45) is 7.65. The number of likely N-dealkylation sites (tertiary alicyclic amines) is 1. The number of benzene rings is 1. The third kappa shape index (κ3) is 4.18. The van der Waals surface area contributed by atoms with Gasteiger partial charge in [-0.2, -0.15) is 0 Å². The molecule has 4 heterocycles. The van der Waals surface area contributed by atoms with E-state index in [1.165, 1.54) is 18.2 Å². The van der Waals surface area contributed by atoms with Gasteiger partial charge in [0.25, 0.3) is 0 Å². The number of hydrogen-bond donors (Lipinski definition) is 1. The average Bonchev–Trinajstić information content (AvgIpc) is 3.53. The highest BCUT2D eigenvalue weighted by Gasteiger charge is 2.30. The van der Waals surface area contributed by atoms with E-state index in [2.05, 4.69) is 50.6 Å². The Hall–Kier alpha value is -2.32. The number of piperidine rings is 1. The number of carbonyl (C=O) groups excluding carboxylic acids is 1. The quantitative estimate of drug-likeness (QED) is 0.557. The summed E-state index contributed by atoms with van der Waals surface area (Å²) in [7, 11) is 0. The Bertz CT molecular complexity index is 1080. The van der Waals surface area contributed by atoms with Crippen molar-refractivity contribution in [3.8, 4) is 11.4 Å². The number of nitrogens with zero attached hydrogens (tertiary/aromatic N) is 4. The van der Waals surface area contributed by atoms with Crippen LogP contribution in [-0.2, 0) is 16.1 Å². The molecule has 0 aliphatic carbocycles. The topological polar surface area (TPSA) is 76.0 Å². The number of para-hydroxylation sites is 1. The van der Waals surface area contributed by atoms with Crippen LogP contribution < -0.4 is 0 Å². The van der Waals surface area contributed by atoms with E-state index in [1.54, 1.807) is 0 Å². The van der Waals surface area contributed by atoms with E-state index in [1.807, 2.05) is 18.3 Å². The summed E-state index contributed by atoms with van der Waals surface area (Å²) in [5.41, 5.74) is 2.11. The van der Waals surface area contributed by atoms with Gasteiger partial charge >= 0.3 is 0 Å². The first-order valence-corrected chi connectivity index (χ1v) is 12.7. The first kappa shape index (κ1) is 21.5. The Morgan fingerprint density at radius 2 is 1.97 bits per heavy atom. The monoisotopic (exact) mass is 453 g/mol. The van der Waals surface area contributed by atoms with Crippen LogP contribution in [0.1, 0.15) is 46.0 Å². The summed E-state index contributed by atoms with van der Waals surface area (Å²) in [6.45, 7) is 5.83. The van der Waals surface area contributed by atoms with Crippen molar-refractivity contribution in [3.05, 3.63) is 30.5 Å². The minimum atomic E-state index is 0.159. The molecule has 0 saturated carbocycles. The Balaban J connectivity index is 1.41. The zero-order valence-electron chi connectivity index (χ0n) is 18.8. The fraction of sp³-hybridized carbons (Fsp3) is 0.542. The highest BCUT2D eigenvalue weighted by molar-refractivity contribution is 7.99. The molecule has 32 heavy (non-hydrogen) atoms. The predicted octanol–water partition coefficient (Wildman–Crippen LogP) is 4.49. The van der Waals surface area contributed by atoms with Crippen molar-refractivity contribution < 1.29 is 9.53 Å². The number of aromatic nitrogens is 4. The maximum atomic E-state index is 13.1. The number of fused-ring (bicyclic) bond motifs is 1. The smallest absolute Gasteiger partial charge is 0.233 e. The van der Waals surface area contributed by atoms with Crippen molar-refractivity contribution in [2.75, 3.05) is 12.4 Å². The van der Waals surface area contributed by atoms with Crippen LogP contribution >= 0.6 is 11.8 Å². The van der Waals surface area contributed by atoms with Crippen LogP contribution in [0.4, 0.5) is 0 Å². The van der Waals surface area contributed by atoms with Crippen LogP contribution in [0.5, 0.6) is 0 Å². The number of ether oxygens (including phenoxy) is 1. The molecule has 0 bridgehead atoms. The molecule has 0 unspecified atom stereocenters. The van der Waals surface area contributed by atoms with Gasteiger partial charge in [0, 0.05) is 41.4 Å². The summed E-state index contributed by atoms with van der Waals surface area (Å²) in [4.78, 5) is 18.5. The lowest BCUT2D eigenvalue weighted by molar-refractivity contribution is -0.134. The van der Waals surface area contributed by atoms with Crippen molar-refractivity contribution in [2.45, 2.75) is 75.8 Å². The predicted molar refractivity (Wildman–Crippen MR) is 127 cm³/mol. The molecule has 2 aromatic heterocycles. The Labute approximate surface area is 192 Å². The number of H-pyrrole nitrogens is 1. The van der Waals surface area contributed by atoms with Gasteiger partial charge in [0.05, 0.1) is 18.4 Å². The van der Waals surface area contributed by atoms with E-state index in [0.717, 1.165) is 59.7 Å². The lowest BCUT2D eigenvalue weighted by Gasteiger charge is -2.39. The molecule has 2 saturated heterocycles. The van der Waals surface area contributed by atoms with Gasteiger partial charge in [-0.25, -0.2) is 0 Å². The molecular formula is C24H31N5O2S. The van der Waals surface area contributed by atoms with Crippen molar-refractivity contribution >= 4 is 28.6 Å². The van der Waals surface area contributed by atoms with Gasteiger partial charge in [-0.1, -0.05) is 30.0 Å². The normalized spacial score (nSPS) is 23.8. The average molecular weight is 454 g/mol. The van der Waals surface area contributed by atoms with E-state index < -0.39 is 0 Å². The van der Waals surface area contributed by atoms with Gasteiger partial charge in [-0.15, -0.1) is 10.2 Å². The van der Waals surface area contributed by atoms with Gasteiger partial charge < -0.3 is 14.6 Å². The molecule has 2 fully saturated rings. The number of thioether (sulfide) groups is 1. The third-order valence-electron chi connectivity index (χ3n) is 6.76. The fourth-order valence-corrected chi connectivity index (χ4v) is 5.94. The minimum absolute atomic E-state index is 0.159. The molecule has 3 atom stereocenters. The summed E-state index contributed by atoms with van der Waals surface area (Å²) < 4.78 is 8.07. The van der Waals surface area contributed by atoms with Crippen molar-refractivity contribution in [2.24, 2.45) is 0 Å². The second kappa shape index (κ2) is 9.27. The summed E-state index contributed by atoms with van der Waals surface area (Å²) in [5, 5.41) is 11.0. The zero-order chi connectivity index (χ0) is 22.1. The summed E-state index contributed by atoms with van der Waals surface area (Å²) >= 11 is 1.49. The highest BCUT2D eigenvalue weighted by atomic mass is 32.2. The molecule has 170 valence electrons. The van der Waals surface area contributed by atoms with Crippen LogP contribution in [0, 0.1) is 0 Å². The molecule has 2 aliphatic heterocycles. The van der Waals surface area contributed by atoms with Gasteiger partial charge in [0.1, 0.15) is 0 Å². The van der Waals surface area contributed by atoms with E-state index in [4.69, 9.17) is 4.74 Å². The third-order valence-corrected chi connectivity index (χ3v) is 7.71. The van der Waals surface area contributed by atoms with E-state index in [0.29, 0.717) is 24.4 Å². The molecule has 5 rings (SSSR count). The summed E-state index contributed by atoms with van der Waals surface area (Å²) in [6, 6.07) is 8.83. The molecule has 1 N–H and O–H groups in total. The SMILES string of the molecule is C[C@@H]1CCC[C@@H](C)N1C(=O)CSc1nnc(-c2c[nH]c3ccccc23)n1C[C@@H]1CCCO1. The Kier molecular flexibility index (Phi) is 6.24.